The van der Waals surface area contributed by atoms with Gasteiger partial charge in [-0.25, -0.2) is 0 Å². The number of piperazine rings is 1. The molecule has 1 fully saturated rings. The molecule has 1 heterocycles. The number of halogens is 2. The summed E-state index contributed by atoms with van der Waals surface area (Å²) in [4.78, 5) is 4.66. The molecular formula is C26H38Cl2N2O3. The number of benzene rings is 2. The van der Waals surface area contributed by atoms with Crippen molar-refractivity contribution in [2.75, 3.05) is 57.4 Å². The van der Waals surface area contributed by atoms with E-state index >= 15 is 0 Å². The van der Waals surface area contributed by atoms with Crippen LogP contribution in [0.4, 0.5) is 5.69 Å². The van der Waals surface area contributed by atoms with Crippen LogP contribution in [-0.4, -0.2) is 68.7 Å². The molecule has 1 aliphatic rings. The van der Waals surface area contributed by atoms with E-state index < -0.39 is 6.10 Å². The van der Waals surface area contributed by atoms with Gasteiger partial charge in [0, 0.05) is 43.4 Å². The Kier molecular flexibility index (Phi) is 10.8. The van der Waals surface area contributed by atoms with Gasteiger partial charge in [-0.3, -0.25) is 4.90 Å². The van der Waals surface area contributed by atoms with Crippen LogP contribution in [0.25, 0.3) is 0 Å². The van der Waals surface area contributed by atoms with Gasteiger partial charge >= 0.3 is 0 Å². The Hall–Kier alpha value is -1.50. The first-order chi connectivity index (χ1) is 15.2. The number of hydrogen-bond acceptors (Lipinski definition) is 5. The lowest BCUT2D eigenvalue weighted by atomic mass is 9.87. The Balaban J connectivity index is 0.00000385. The van der Waals surface area contributed by atoms with Crippen LogP contribution in [0.1, 0.15) is 31.9 Å². The number of rotatable bonds is 9. The fourth-order valence-electron chi connectivity index (χ4n) is 3.93. The Morgan fingerprint density at radius 1 is 1.00 bits per heavy atom. The number of hydrogen-bond donors (Lipinski definition) is 1. The van der Waals surface area contributed by atoms with Gasteiger partial charge in [-0.15, -0.1) is 12.4 Å². The first-order valence-electron chi connectivity index (χ1n) is 11.4. The maximum absolute atomic E-state index is 10.3. The first kappa shape index (κ1) is 27.7. The van der Waals surface area contributed by atoms with Gasteiger partial charge in [-0.05, 0) is 47.7 Å². The summed E-state index contributed by atoms with van der Waals surface area (Å²) in [6.45, 7) is 14.3. The van der Waals surface area contributed by atoms with Gasteiger partial charge in [0.05, 0.1) is 19.3 Å². The molecule has 0 bridgehead atoms. The zero-order valence-electron chi connectivity index (χ0n) is 20.2. The van der Waals surface area contributed by atoms with Gasteiger partial charge < -0.3 is 19.5 Å². The largest absolute Gasteiger partial charge is 0.491 e. The third-order valence-electron chi connectivity index (χ3n) is 5.88. The van der Waals surface area contributed by atoms with Crippen LogP contribution in [-0.2, 0) is 10.2 Å². The van der Waals surface area contributed by atoms with E-state index in [1.807, 2.05) is 24.3 Å². The summed E-state index contributed by atoms with van der Waals surface area (Å²) < 4.78 is 11.4. The zero-order valence-corrected chi connectivity index (χ0v) is 21.8. The minimum atomic E-state index is -0.500. The lowest BCUT2D eigenvalue weighted by molar-refractivity contribution is 0.00718. The molecule has 33 heavy (non-hydrogen) atoms. The SMILES string of the molecule is Cc1ccc(Cl)cc1N1CCN(CC(O)COCCOc2ccc(C(C)(C)C)cc2)CC1.Cl. The Morgan fingerprint density at radius 3 is 2.30 bits per heavy atom. The minimum absolute atomic E-state index is 0. The smallest absolute Gasteiger partial charge is 0.119 e. The molecular weight excluding hydrogens is 459 g/mol. The molecule has 0 amide bonds. The number of nitrogens with zero attached hydrogens (tertiary/aromatic N) is 2. The highest BCUT2D eigenvalue weighted by atomic mass is 35.5. The first-order valence-corrected chi connectivity index (χ1v) is 11.8. The van der Waals surface area contributed by atoms with Gasteiger partial charge in [0.2, 0.25) is 0 Å². The standard InChI is InChI=1S/C26H37ClN2O3.ClH/c1-20-5-8-22(27)17-25(20)29-13-11-28(12-14-29)18-23(30)19-31-15-16-32-24-9-6-21(7-10-24)26(2,3)4;/h5-10,17,23,30H,11-16,18-19H2,1-4H3;1H. The molecule has 1 aliphatic heterocycles. The molecule has 1 atom stereocenters. The van der Waals surface area contributed by atoms with Crippen LogP contribution in [0.2, 0.25) is 5.02 Å². The number of β-amino-alcohol motifs (C(OH)–C–C–N with tert-alkyl or cyclic N) is 1. The van der Waals surface area contributed by atoms with Gasteiger partial charge in [0.1, 0.15) is 12.4 Å². The maximum Gasteiger partial charge on any atom is 0.119 e. The zero-order chi connectivity index (χ0) is 23.1. The molecule has 2 aromatic carbocycles. The predicted octanol–water partition coefficient (Wildman–Crippen LogP) is 4.95. The quantitative estimate of drug-likeness (QED) is 0.497. The van der Waals surface area contributed by atoms with Crippen molar-refractivity contribution in [3.05, 3.63) is 58.6 Å². The molecule has 0 spiro atoms. The van der Waals surface area contributed by atoms with Crippen molar-refractivity contribution in [2.24, 2.45) is 0 Å². The summed E-state index contributed by atoms with van der Waals surface area (Å²) in [6, 6.07) is 14.2. The molecule has 5 nitrogen and oxygen atoms in total. The highest BCUT2D eigenvalue weighted by molar-refractivity contribution is 6.30. The highest BCUT2D eigenvalue weighted by Gasteiger charge is 2.20. The van der Waals surface area contributed by atoms with Crippen LogP contribution in [0.5, 0.6) is 5.75 Å². The minimum Gasteiger partial charge on any atom is -0.491 e. The summed E-state index contributed by atoms with van der Waals surface area (Å²) >= 11 is 6.17. The lowest BCUT2D eigenvalue weighted by Gasteiger charge is -2.37. The second kappa shape index (κ2) is 12.8. The summed E-state index contributed by atoms with van der Waals surface area (Å²) in [5, 5.41) is 11.1. The van der Waals surface area contributed by atoms with Crippen LogP contribution < -0.4 is 9.64 Å². The fourth-order valence-corrected chi connectivity index (χ4v) is 4.10. The van der Waals surface area contributed by atoms with Gasteiger partial charge in [0.25, 0.3) is 0 Å². The van der Waals surface area contributed by atoms with E-state index in [-0.39, 0.29) is 17.8 Å². The maximum atomic E-state index is 10.3. The normalized spacial score (nSPS) is 15.8. The molecule has 1 unspecified atom stereocenters. The predicted molar refractivity (Wildman–Crippen MR) is 140 cm³/mol. The monoisotopic (exact) mass is 496 g/mol. The lowest BCUT2D eigenvalue weighted by Crippen LogP contribution is -2.49. The van der Waals surface area contributed by atoms with Crippen molar-refractivity contribution in [2.45, 2.75) is 39.2 Å². The second-order valence-corrected chi connectivity index (χ2v) is 10.0. The van der Waals surface area contributed by atoms with Gasteiger partial charge in [-0.1, -0.05) is 50.6 Å². The number of aliphatic hydroxyl groups excluding tert-OH is 1. The van der Waals surface area contributed by atoms with Gasteiger partial charge in [-0.2, -0.15) is 0 Å². The van der Waals surface area contributed by atoms with Crippen molar-refractivity contribution in [1.29, 1.82) is 0 Å². The van der Waals surface area contributed by atoms with Crippen molar-refractivity contribution >= 4 is 29.7 Å². The molecule has 0 aliphatic carbocycles. The van der Waals surface area contributed by atoms with E-state index in [1.165, 1.54) is 16.8 Å². The number of anilines is 1. The van der Waals surface area contributed by atoms with Crippen molar-refractivity contribution in [1.82, 2.24) is 4.90 Å². The number of ether oxygens (including phenoxy) is 2. The van der Waals surface area contributed by atoms with Crippen LogP contribution in [0.3, 0.4) is 0 Å². The third kappa shape index (κ3) is 8.66. The molecule has 0 radical (unpaired) electrons. The topological polar surface area (TPSA) is 45.2 Å². The molecule has 0 aromatic heterocycles. The summed E-state index contributed by atoms with van der Waals surface area (Å²) in [5.41, 5.74) is 3.86. The Morgan fingerprint density at radius 2 is 1.67 bits per heavy atom. The van der Waals surface area contributed by atoms with E-state index in [4.69, 9.17) is 21.1 Å². The Bertz CT molecular complexity index is 848. The van der Waals surface area contributed by atoms with E-state index in [0.29, 0.717) is 26.4 Å². The van der Waals surface area contributed by atoms with E-state index in [2.05, 4.69) is 55.7 Å². The van der Waals surface area contributed by atoms with E-state index in [1.54, 1.807) is 0 Å². The number of aliphatic hydroxyl groups is 1. The summed E-state index contributed by atoms with van der Waals surface area (Å²) in [7, 11) is 0. The van der Waals surface area contributed by atoms with Crippen molar-refractivity contribution in [3.63, 3.8) is 0 Å². The van der Waals surface area contributed by atoms with Crippen molar-refractivity contribution < 1.29 is 14.6 Å². The second-order valence-electron chi connectivity index (χ2n) is 9.57. The molecule has 2 aromatic rings. The molecule has 184 valence electrons. The third-order valence-corrected chi connectivity index (χ3v) is 6.12. The van der Waals surface area contributed by atoms with E-state index in [0.717, 1.165) is 37.0 Å². The molecule has 0 saturated carbocycles. The summed E-state index contributed by atoms with van der Waals surface area (Å²) in [5.74, 6) is 0.843. The van der Waals surface area contributed by atoms with Gasteiger partial charge in [0.15, 0.2) is 0 Å². The highest BCUT2D eigenvalue weighted by Crippen LogP contribution is 2.26. The van der Waals surface area contributed by atoms with Crippen LogP contribution >= 0.6 is 24.0 Å². The average Bonchev–Trinajstić information content (AvgIpc) is 2.75. The number of aryl methyl sites for hydroxylation is 1. The Labute approximate surface area is 210 Å². The summed E-state index contributed by atoms with van der Waals surface area (Å²) in [6.07, 6.45) is -0.500. The van der Waals surface area contributed by atoms with Crippen molar-refractivity contribution in [3.8, 4) is 5.75 Å². The molecule has 1 N–H and O–H groups in total. The van der Waals surface area contributed by atoms with Crippen LogP contribution in [0, 0.1) is 6.92 Å². The fraction of sp³-hybridized carbons (Fsp3) is 0.538. The average molecular weight is 498 g/mol. The molecule has 7 heteroatoms. The van der Waals surface area contributed by atoms with Crippen LogP contribution in [0.15, 0.2) is 42.5 Å². The molecule has 1 saturated heterocycles. The molecule has 3 rings (SSSR count). The van der Waals surface area contributed by atoms with E-state index in [9.17, 15) is 5.11 Å².